The summed E-state index contributed by atoms with van der Waals surface area (Å²) >= 11 is 11.6. The minimum absolute atomic E-state index is 0.233. The second-order valence-electron chi connectivity index (χ2n) is 6.15. The predicted molar refractivity (Wildman–Crippen MR) is 112 cm³/mol. The van der Waals surface area contributed by atoms with Gasteiger partial charge in [0.1, 0.15) is 5.75 Å². The Morgan fingerprint density at radius 3 is 2.70 bits per heavy atom. The molecule has 140 valence electrons. The molecular weight excluding hydrogens is 382 g/mol. The Hall–Kier alpha value is -2.57. The van der Waals surface area contributed by atoms with Crippen LogP contribution in [0.4, 0.5) is 5.69 Å². The van der Waals surface area contributed by atoms with Gasteiger partial charge in [-0.05, 0) is 49.0 Å². The molecule has 3 rings (SSSR count). The van der Waals surface area contributed by atoms with Gasteiger partial charge in [0.25, 0.3) is 5.91 Å². The van der Waals surface area contributed by atoms with E-state index in [0.717, 1.165) is 11.3 Å². The van der Waals surface area contributed by atoms with Gasteiger partial charge in [-0.3, -0.25) is 4.79 Å². The molecule has 0 radical (unpaired) electrons. The van der Waals surface area contributed by atoms with E-state index in [1.165, 1.54) is 0 Å². The van der Waals surface area contributed by atoms with Crippen LogP contribution in [0.1, 0.15) is 18.5 Å². The first-order valence-corrected chi connectivity index (χ1v) is 9.15. The van der Waals surface area contributed by atoms with Crippen molar-refractivity contribution in [2.75, 3.05) is 19.5 Å². The number of nitrogens with zero attached hydrogens (tertiary/aromatic N) is 1. The number of halogens is 1. The van der Waals surface area contributed by atoms with E-state index >= 15 is 0 Å². The maximum absolute atomic E-state index is 13.2. The zero-order valence-electron chi connectivity index (χ0n) is 15.2. The lowest BCUT2D eigenvalue weighted by molar-refractivity contribution is -0.113. The van der Waals surface area contributed by atoms with Crippen LogP contribution in [0.25, 0.3) is 0 Å². The molecular formula is C20H20ClN3O2S. The first-order valence-electron chi connectivity index (χ1n) is 8.37. The molecule has 2 aromatic rings. The maximum Gasteiger partial charge on any atom is 0.255 e. The van der Waals surface area contributed by atoms with Crippen molar-refractivity contribution in [2.24, 2.45) is 0 Å². The van der Waals surface area contributed by atoms with Crippen LogP contribution in [0.3, 0.4) is 0 Å². The summed E-state index contributed by atoms with van der Waals surface area (Å²) in [5, 5.41) is 7.33. The summed E-state index contributed by atoms with van der Waals surface area (Å²) in [7, 11) is 3.40. The Kier molecular flexibility index (Phi) is 5.68. The van der Waals surface area contributed by atoms with Crippen LogP contribution in [0.2, 0.25) is 5.02 Å². The number of allylic oxidation sites excluding steroid dienone is 1. The van der Waals surface area contributed by atoms with Crippen LogP contribution in [0, 0.1) is 0 Å². The van der Waals surface area contributed by atoms with Crippen LogP contribution < -0.4 is 15.4 Å². The molecule has 1 heterocycles. The molecule has 0 fully saturated rings. The summed E-state index contributed by atoms with van der Waals surface area (Å²) in [6, 6.07) is 14.3. The maximum atomic E-state index is 13.2. The third kappa shape index (κ3) is 3.91. The number of rotatable bonds is 4. The lowest BCUT2D eigenvalue weighted by Gasteiger charge is -2.35. The van der Waals surface area contributed by atoms with Crippen molar-refractivity contribution >= 4 is 40.5 Å². The van der Waals surface area contributed by atoms with Crippen molar-refractivity contribution < 1.29 is 9.53 Å². The summed E-state index contributed by atoms with van der Waals surface area (Å²) < 4.78 is 5.33. The fourth-order valence-corrected chi connectivity index (χ4v) is 3.46. The van der Waals surface area contributed by atoms with Gasteiger partial charge in [-0.15, -0.1) is 0 Å². The van der Waals surface area contributed by atoms with E-state index in [2.05, 4.69) is 10.6 Å². The smallest absolute Gasteiger partial charge is 0.255 e. The van der Waals surface area contributed by atoms with Gasteiger partial charge in [-0.1, -0.05) is 35.9 Å². The molecule has 2 N–H and O–H groups in total. The number of methoxy groups -OCH3 is 1. The van der Waals surface area contributed by atoms with Crippen molar-refractivity contribution in [2.45, 2.75) is 13.0 Å². The summed E-state index contributed by atoms with van der Waals surface area (Å²) in [5.41, 5.74) is 2.81. The molecule has 0 aliphatic carbocycles. The molecule has 7 heteroatoms. The zero-order valence-corrected chi connectivity index (χ0v) is 16.8. The number of hydrogen-bond donors (Lipinski definition) is 2. The highest BCUT2D eigenvalue weighted by Gasteiger charge is 2.32. The van der Waals surface area contributed by atoms with Gasteiger partial charge in [0.2, 0.25) is 0 Å². The van der Waals surface area contributed by atoms with Crippen molar-refractivity contribution in [3.8, 4) is 5.75 Å². The fraction of sp³-hybridized carbons (Fsp3) is 0.200. The quantitative estimate of drug-likeness (QED) is 0.755. The van der Waals surface area contributed by atoms with Crippen molar-refractivity contribution in [3.05, 3.63) is 70.4 Å². The summed E-state index contributed by atoms with van der Waals surface area (Å²) in [5.74, 6) is 0.361. The van der Waals surface area contributed by atoms with Crippen LogP contribution in [-0.4, -0.2) is 30.1 Å². The molecule has 0 spiro atoms. The first kappa shape index (κ1) is 19.2. The molecule has 1 atom stereocenters. The van der Waals surface area contributed by atoms with Crippen molar-refractivity contribution in [1.29, 1.82) is 0 Å². The van der Waals surface area contributed by atoms with Crippen molar-refractivity contribution in [1.82, 2.24) is 10.2 Å². The normalized spacial score (nSPS) is 16.8. The number of carbonyl (C=O) groups excluding carboxylic acids is 1. The lowest BCUT2D eigenvalue weighted by atomic mass is 9.94. The average Bonchev–Trinajstić information content (AvgIpc) is 2.66. The Labute approximate surface area is 169 Å². The number of carbonyl (C=O) groups is 1. The van der Waals surface area contributed by atoms with Gasteiger partial charge in [-0.25, -0.2) is 0 Å². The molecule has 1 aliphatic heterocycles. The molecule has 1 amide bonds. The number of anilines is 1. The summed E-state index contributed by atoms with van der Waals surface area (Å²) in [4.78, 5) is 15.0. The van der Waals surface area contributed by atoms with Crippen LogP contribution in [0.5, 0.6) is 5.75 Å². The summed E-state index contributed by atoms with van der Waals surface area (Å²) in [6.45, 7) is 1.88. The number of para-hydroxylation sites is 2. The highest BCUT2D eigenvalue weighted by atomic mass is 35.5. The molecule has 5 nitrogen and oxygen atoms in total. The van der Waals surface area contributed by atoms with Gasteiger partial charge >= 0.3 is 0 Å². The molecule has 0 unspecified atom stereocenters. The van der Waals surface area contributed by atoms with E-state index in [-0.39, 0.29) is 5.91 Å². The van der Waals surface area contributed by atoms with Crippen LogP contribution >= 0.6 is 23.8 Å². The predicted octanol–water partition coefficient (Wildman–Crippen LogP) is 4.12. The van der Waals surface area contributed by atoms with Gasteiger partial charge in [0.15, 0.2) is 5.11 Å². The highest BCUT2D eigenvalue weighted by molar-refractivity contribution is 7.80. The molecule has 1 aliphatic rings. The second-order valence-corrected chi connectivity index (χ2v) is 6.97. The Morgan fingerprint density at radius 1 is 1.26 bits per heavy atom. The van der Waals surface area contributed by atoms with Gasteiger partial charge < -0.3 is 20.3 Å². The van der Waals surface area contributed by atoms with Gasteiger partial charge in [0.05, 0.1) is 24.4 Å². The first-order chi connectivity index (χ1) is 12.9. The Morgan fingerprint density at radius 2 is 2.00 bits per heavy atom. The van der Waals surface area contributed by atoms with Crippen LogP contribution in [0.15, 0.2) is 59.8 Å². The van der Waals surface area contributed by atoms with Gasteiger partial charge in [-0.2, -0.15) is 0 Å². The number of hydrogen-bond acceptors (Lipinski definition) is 3. The van der Waals surface area contributed by atoms with E-state index < -0.39 is 6.04 Å². The van der Waals surface area contributed by atoms with E-state index in [1.54, 1.807) is 30.2 Å². The topological polar surface area (TPSA) is 53.6 Å². The fourth-order valence-electron chi connectivity index (χ4n) is 3.00. The largest absolute Gasteiger partial charge is 0.495 e. The third-order valence-electron chi connectivity index (χ3n) is 4.54. The Balaban J connectivity index is 2.02. The average molecular weight is 402 g/mol. The number of ether oxygens (including phenoxy) is 1. The minimum Gasteiger partial charge on any atom is -0.495 e. The second kappa shape index (κ2) is 7.98. The monoisotopic (exact) mass is 401 g/mol. The number of amides is 1. The molecule has 0 bridgehead atoms. The molecule has 0 aromatic heterocycles. The van der Waals surface area contributed by atoms with E-state index in [1.807, 2.05) is 44.3 Å². The third-order valence-corrected chi connectivity index (χ3v) is 5.16. The van der Waals surface area contributed by atoms with E-state index in [9.17, 15) is 4.79 Å². The molecule has 27 heavy (non-hydrogen) atoms. The molecule has 0 saturated heterocycles. The van der Waals surface area contributed by atoms with E-state index in [0.29, 0.717) is 27.1 Å². The van der Waals surface area contributed by atoms with Crippen LogP contribution in [-0.2, 0) is 4.79 Å². The number of benzene rings is 2. The minimum atomic E-state index is -0.401. The SMILES string of the molecule is COc1ccccc1NC(=O)C1=C(C)N(C)C(=S)N[C@@H]1c1cccc(Cl)c1. The lowest BCUT2D eigenvalue weighted by Crippen LogP contribution is -2.46. The highest BCUT2D eigenvalue weighted by Crippen LogP contribution is 2.33. The zero-order chi connectivity index (χ0) is 19.6. The van der Waals surface area contributed by atoms with Gasteiger partial charge in [0, 0.05) is 17.8 Å². The number of nitrogens with one attached hydrogen (secondary N) is 2. The number of thiocarbonyl (C=S) groups is 1. The van der Waals surface area contributed by atoms with E-state index in [4.69, 9.17) is 28.6 Å². The standard InChI is InChI=1S/C20H20ClN3O2S/c1-12-17(19(25)22-15-9-4-5-10-16(15)26-3)18(23-20(27)24(12)2)13-7-6-8-14(21)11-13/h4-11,18H,1-3H3,(H,22,25)(H,23,27)/t18-/m1/s1. The molecule has 2 aromatic carbocycles. The summed E-state index contributed by atoms with van der Waals surface area (Å²) in [6.07, 6.45) is 0. The Bertz CT molecular complexity index is 929. The van der Waals surface area contributed by atoms with Crippen molar-refractivity contribution in [3.63, 3.8) is 0 Å². The molecule has 0 saturated carbocycles.